The van der Waals surface area contributed by atoms with Gasteiger partial charge in [0.2, 0.25) is 0 Å². The van der Waals surface area contributed by atoms with Crippen molar-refractivity contribution in [3.05, 3.63) is 73.0 Å². The zero-order valence-corrected chi connectivity index (χ0v) is 34.6. The van der Waals surface area contributed by atoms with E-state index in [0.29, 0.717) is 18.0 Å². The van der Waals surface area contributed by atoms with Crippen LogP contribution in [0.15, 0.2) is 73.0 Å². The molecule has 1 aliphatic rings. The van der Waals surface area contributed by atoms with E-state index in [-0.39, 0.29) is 11.5 Å². The summed E-state index contributed by atoms with van der Waals surface area (Å²) < 4.78 is 0. The molecule has 0 radical (unpaired) electrons. The Labute approximate surface area is 297 Å². The Morgan fingerprint density at radius 3 is 1.91 bits per heavy atom. The molecule has 5 N–H and O–H groups in total. The SMILES string of the molecule is C/C(=C/CCC1C=CC=CC1)CN.C=C(C)C(CCCC)NC(=C)C(C)(C)C.C=CC.CC.CC.CCCC(O)CNCC(C)(C)C. The Morgan fingerprint density at radius 1 is 0.979 bits per heavy atom. The van der Waals surface area contributed by atoms with Crippen LogP contribution in [0.2, 0.25) is 0 Å². The van der Waals surface area contributed by atoms with Crippen LogP contribution in [0.4, 0.5) is 0 Å². The van der Waals surface area contributed by atoms with Gasteiger partial charge in [0.15, 0.2) is 0 Å². The summed E-state index contributed by atoms with van der Waals surface area (Å²) in [5.74, 6) is 0.742. The standard InChI is InChI=1S/C14H27N.C12H19N.C10H23NO.C3H6.2C2H6/c1-8-9-10-13(11(2)3)15-12(4)14(5,6)7;1-11(10-13)6-5-9-12-7-3-2-4-8-12;1-5-6-9(12)7-11-8-10(2,3)4;1-3-2;2*1-2/h13,15H,2,4,8-10H2,1,3,5-7H3;2-4,6-7,12H,5,8-10,13H2,1H3;9,11-12H,5-8H2,1-4H3;3H,1H2,2H3;2*1-2H3/b;11-6-;;;;. The molecule has 0 saturated carbocycles. The maximum absolute atomic E-state index is 9.38. The van der Waals surface area contributed by atoms with Crippen LogP contribution in [0, 0.1) is 16.7 Å². The maximum atomic E-state index is 9.38. The Kier molecular flexibility index (Phi) is 42.9. The molecule has 280 valence electrons. The third-order valence-corrected chi connectivity index (χ3v) is 6.77. The number of allylic oxidation sites excluding steroid dienone is 7. The molecular formula is C43H87N3O. The van der Waals surface area contributed by atoms with Crippen molar-refractivity contribution in [3.63, 3.8) is 0 Å². The molecule has 0 spiro atoms. The highest BCUT2D eigenvalue weighted by Gasteiger charge is 2.18. The summed E-state index contributed by atoms with van der Waals surface area (Å²) in [6.45, 7) is 45.4. The number of aliphatic hydroxyl groups excluding tert-OH is 1. The number of hydrogen-bond donors (Lipinski definition) is 4. The number of nitrogens with one attached hydrogen (secondary N) is 2. The van der Waals surface area contributed by atoms with Crippen LogP contribution in [-0.4, -0.2) is 36.9 Å². The molecule has 47 heavy (non-hydrogen) atoms. The highest BCUT2D eigenvalue weighted by Crippen LogP contribution is 2.23. The van der Waals surface area contributed by atoms with Gasteiger partial charge in [-0.15, -0.1) is 6.58 Å². The second-order valence-electron chi connectivity index (χ2n) is 14.1. The van der Waals surface area contributed by atoms with Crippen LogP contribution in [0.25, 0.3) is 0 Å². The van der Waals surface area contributed by atoms with E-state index in [1.54, 1.807) is 6.08 Å². The Hall–Kier alpha value is -1.88. The molecule has 0 aromatic carbocycles. The first-order valence-corrected chi connectivity index (χ1v) is 18.7. The quantitative estimate of drug-likeness (QED) is 0.132. The summed E-state index contributed by atoms with van der Waals surface area (Å²) >= 11 is 0. The lowest BCUT2D eigenvalue weighted by Crippen LogP contribution is -2.33. The minimum Gasteiger partial charge on any atom is -0.392 e. The van der Waals surface area contributed by atoms with Crippen molar-refractivity contribution in [1.82, 2.24) is 10.6 Å². The van der Waals surface area contributed by atoms with Gasteiger partial charge < -0.3 is 21.5 Å². The minimum absolute atomic E-state index is 0.125. The fraction of sp³-hybridized carbons (Fsp3) is 0.721. The lowest BCUT2D eigenvalue weighted by atomic mass is 9.91. The van der Waals surface area contributed by atoms with Gasteiger partial charge in [0.25, 0.3) is 0 Å². The van der Waals surface area contributed by atoms with E-state index in [2.05, 4.69) is 130 Å². The van der Waals surface area contributed by atoms with Gasteiger partial charge in [-0.3, -0.25) is 0 Å². The average molecular weight is 662 g/mol. The summed E-state index contributed by atoms with van der Waals surface area (Å²) in [7, 11) is 0. The molecule has 0 fully saturated rings. The molecule has 3 unspecified atom stereocenters. The first-order valence-electron chi connectivity index (χ1n) is 18.7. The van der Waals surface area contributed by atoms with Crippen molar-refractivity contribution in [2.45, 2.75) is 167 Å². The smallest absolute Gasteiger partial charge is 0.0664 e. The van der Waals surface area contributed by atoms with E-state index in [1.807, 2.05) is 34.6 Å². The molecule has 0 aliphatic heterocycles. The summed E-state index contributed by atoms with van der Waals surface area (Å²) in [5.41, 5.74) is 9.54. The van der Waals surface area contributed by atoms with Gasteiger partial charge in [-0.25, -0.2) is 0 Å². The minimum atomic E-state index is -0.169. The van der Waals surface area contributed by atoms with Crippen molar-refractivity contribution in [1.29, 1.82) is 0 Å². The summed E-state index contributed by atoms with van der Waals surface area (Å²) in [5, 5.41) is 16.1. The van der Waals surface area contributed by atoms with Crippen molar-refractivity contribution in [2.75, 3.05) is 19.6 Å². The molecule has 4 heteroatoms. The van der Waals surface area contributed by atoms with Crippen LogP contribution in [0.3, 0.4) is 0 Å². The van der Waals surface area contributed by atoms with E-state index in [0.717, 1.165) is 50.4 Å². The Balaban J connectivity index is -0.000000171. The summed E-state index contributed by atoms with van der Waals surface area (Å²) in [6, 6.07) is 0.386. The highest BCUT2D eigenvalue weighted by atomic mass is 16.3. The zero-order valence-electron chi connectivity index (χ0n) is 34.6. The number of aliphatic hydroxyl groups is 1. The Morgan fingerprint density at radius 2 is 1.53 bits per heavy atom. The van der Waals surface area contributed by atoms with E-state index in [1.165, 1.54) is 36.8 Å². The number of nitrogens with two attached hydrogens (primary N) is 1. The third kappa shape index (κ3) is 44.1. The van der Waals surface area contributed by atoms with Crippen LogP contribution < -0.4 is 16.4 Å². The van der Waals surface area contributed by atoms with E-state index >= 15 is 0 Å². The van der Waals surface area contributed by atoms with Crippen LogP contribution in [0.5, 0.6) is 0 Å². The molecule has 1 aliphatic carbocycles. The molecular weight excluding hydrogens is 574 g/mol. The number of rotatable bonds is 15. The van der Waals surface area contributed by atoms with E-state index in [9.17, 15) is 5.11 Å². The molecule has 0 aromatic rings. The van der Waals surface area contributed by atoms with Crippen molar-refractivity contribution < 1.29 is 5.11 Å². The number of unbranched alkanes of at least 4 members (excludes halogenated alkanes) is 1. The van der Waals surface area contributed by atoms with Gasteiger partial charge in [0, 0.05) is 36.8 Å². The predicted molar refractivity (Wildman–Crippen MR) is 220 cm³/mol. The van der Waals surface area contributed by atoms with Gasteiger partial charge >= 0.3 is 0 Å². The van der Waals surface area contributed by atoms with E-state index in [4.69, 9.17) is 5.73 Å². The van der Waals surface area contributed by atoms with Gasteiger partial charge in [-0.1, -0.05) is 163 Å². The molecule has 4 nitrogen and oxygen atoms in total. The normalized spacial score (nSPS) is 14.7. The fourth-order valence-electron chi connectivity index (χ4n) is 3.80. The first-order chi connectivity index (χ1) is 22.0. The molecule has 1 rings (SSSR count). The number of hydrogen-bond acceptors (Lipinski definition) is 4. The monoisotopic (exact) mass is 662 g/mol. The van der Waals surface area contributed by atoms with Crippen LogP contribution in [-0.2, 0) is 0 Å². The van der Waals surface area contributed by atoms with Gasteiger partial charge in [0.05, 0.1) is 6.10 Å². The largest absolute Gasteiger partial charge is 0.392 e. The maximum Gasteiger partial charge on any atom is 0.0664 e. The zero-order chi connectivity index (χ0) is 37.9. The lowest BCUT2D eigenvalue weighted by Gasteiger charge is -2.29. The summed E-state index contributed by atoms with van der Waals surface area (Å²) in [4.78, 5) is 0. The molecule has 3 atom stereocenters. The van der Waals surface area contributed by atoms with Crippen molar-refractivity contribution >= 4 is 0 Å². The van der Waals surface area contributed by atoms with E-state index < -0.39 is 0 Å². The first kappa shape index (κ1) is 54.6. The topological polar surface area (TPSA) is 70.3 Å². The molecule has 0 aromatic heterocycles. The molecule has 0 heterocycles. The van der Waals surface area contributed by atoms with Crippen LogP contribution >= 0.6 is 0 Å². The van der Waals surface area contributed by atoms with Gasteiger partial charge in [-0.05, 0) is 64.2 Å². The lowest BCUT2D eigenvalue weighted by molar-refractivity contribution is 0.156. The highest BCUT2D eigenvalue weighted by molar-refractivity contribution is 5.12. The van der Waals surface area contributed by atoms with Crippen LogP contribution in [0.1, 0.15) is 155 Å². The average Bonchev–Trinajstić information content (AvgIpc) is 3.01. The van der Waals surface area contributed by atoms with Gasteiger partial charge in [-0.2, -0.15) is 0 Å². The summed E-state index contributed by atoms with van der Waals surface area (Å²) in [6.07, 6.45) is 21.8. The van der Waals surface area contributed by atoms with Crippen molar-refractivity contribution in [2.24, 2.45) is 22.5 Å². The fourth-order valence-corrected chi connectivity index (χ4v) is 3.80. The predicted octanol–water partition coefficient (Wildman–Crippen LogP) is 12.1. The third-order valence-electron chi connectivity index (χ3n) is 6.77. The second kappa shape index (κ2) is 36.9. The molecule has 0 saturated heterocycles. The van der Waals surface area contributed by atoms with Crippen molar-refractivity contribution in [3.8, 4) is 0 Å². The second-order valence-corrected chi connectivity index (χ2v) is 14.1. The Bertz CT molecular complexity index is 793. The van der Waals surface area contributed by atoms with Gasteiger partial charge in [0.1, 0.15) is 0 Å². The molecule has 0 amide bonds. The molecule has 0 bridgehead atoms.